The number of anilines is 1. The molecule has 0 saturated carbocycles. The largest absolute Gasteiger partial charge is 0.454 e. The van der Waals surface area contributed by atoms with Crippen molar-refractivity contribution in [3.63, 3.8) is 0 Å². The highest BCUT2D eigenvalue weighted by Gasteiger charge is 2.20. The molecule has 1 aromatic heterocycles. The monoisotopic (exact) mass is 535 g/mol. The summed E-state index contributed by atoms with van der Waals surface area (Å²) >= 11 is 0. The minimum absolute atomic E-state index is 0.0778. The molecule has 204 valence electrons. The smallest absolute Gasteiger partial charge is 0.231 e. The Balaban J connectivity index is 1.06. The summed E-state index contributed by atoms with van der Waals surface area (Å²) in [7, 11) is 0. The third kappa shape index (κ3) is 5.95. The summed E-state index contributed by atoms with van der Waals surface area (Å²) in [5.74, 6) is 3.01. The van der Waals surface area contributed by atoms with E-state index in [2.05, 4.69) is 46.0 Å². The molecule has 2 aliphatic rings. The van der Waals surface area contributed by atoms with Crippen molar-refractivity contribution in [1.82, 2.24) is 9.88 Å². The van der Waals surface area contributed by atoms with E-state index in [9.17, 15) is 4.79 Å². The number of Topliss-reactive ketones (excluding diaryl/α,β-unsaturated/α-hetero) is 1. The van der Waals surface area contributed by atoms with E-state index in [0.717, 1.165) is 66.7 Å². The Morgan fingerprint density at radius 1 is 0.900 bits per heavy atom. The highest BCUT2D eigenvalue weighted by molar-refractivity contribution is 5.97. The van der Waals surface area contributed by atoms with Crippen molar-refractivity contribution >= 4 is 11.5 Å². The lowest BCUT2D eigenvalue weighted by atomic mass is 10.0. The van der Waals surface area contributed by atoms with Gasteiger partial charge < -0.3 is 19.1 Å². The number of hydrogen-bond acceptors (Lipinski definition) is 7. The number of nitrogens with zero attached hydrogens (tertiary/aromatic N) is 3. The number of rotatable bonds is 8. The molecule has 0 bridgehead atoms. The normalized spacial score (nSPS) is 14.8. The van der Waals surface area contributed by atoms with Crippen LogP contribution in [0.4, 0.5) is 5.69 Å². The lowest BCUT2D eigenvalue weighted by Gasteiger charge is -2.37. The number of ketones is 1. The van der Waals surface area contributed by atoms with Crippen LogP contribution in [0.25, 0.3) is 0 Å². The van der Waals surface area contributed by atoms with Crippen molar-refractivity contribution in [3.8, 4) is 23.1 Å². The van der Waals surface area contributed by atoms with Gasteiger partial charge in [0.25, 0.3) is 0 Å². The molecule has 0 aliphatic carbocycles. The number of carbonyl (C=O) groups is 1. The molecule has 0 amide bonds. The molecule has 0 spiro atoms. The highest BCUT2D eigenvalue weighted by Crippen LogP contribution is 2.33. The Bertz CT molecular complexity index is 1500. The summed E-state index contributed by atoms with van der Waals surface area (Å²) in [6.07, 6.45) is 3.13. The number of ether oxygens (including phenoxy) is 3. The topological polar surface area (TPSA) is 64.1 Å². The molecule has 40 heavy (non-hydrogen) atoms. The van der Waals surface area contributed by atoms with Crippen LogP contribution in [0.5, 0.6) is 23.1 Å². The van der Waals surface area contributed by atoms with Crippen LogP contribution in [0.3, 0.4) is 0 Å². The number of aromatic nitrogens is 1. The minimum atomic E-state index is 0.0778. The Hall–Kier alpha value is -4.36. The zero-order chi connectivity index (χ0) is 27.5. The van der Waals surface area contributed by atoms with Crippen molar-refractivity contribution < 1.29 is 19.0 Å². The predicted molar refractivity (Wildman–Crippen MR) is 155 cm³/mol. The second-order valence-electron chi connectivity index (χ2n) is 10.5. The van der Waals surface area contributed by atoms with Gasteiger partial charge in [0, 0.05) is 49.6 Å². The van der Waals surface area contributed by atoms with E-state index < -0.39 is 0 Å². The molecule has 1 fully saturated rings. The zero-order valence-electron chi connectivity index (χ0n) is 22.9. The van der Waals surface area contributed by atoms with Gasteiger partial charge in [-0.05, 0) is 67.3 Å². The average molecular weight is 536 g/mol. The molecule has 4 aromatic rings. The molecule has 0 radical (unpaired) electrons. The minimum Gasteiger partial charge on any atom is -0.454 e. The molecule has 0 N–H and O–H groups in total. The Morgan fingerprint density at radius 3 is 2.52 bits per heavy atom. The third-order valence-corrected chi connectivity index (χ3v) is 7.39. The molecule has 6 rings (SSSR count). The van der Waals surface area contributed by atoms with Gasteiger partial charge in [-0.2, -0.15) is 0 Å². The molecule has 7 nitrogen and oxygen atoms in total. The lowest BCUT2D eigenvalue weighted by molar-refractivity contribution is 0.0993. The molecule has 3 aromatic carbocycles. The van der Waals surface area contributed by atoms with E-state index in [1.165, 1.54) is 11.3 Å². The third-order valence-electron chi connectivity index (χ3n) is 7.39. The molecule has 1 saturated heterocycles. The first-order chi connectivity index (χ1) is 19.5. The van der Waals surface area contributed by atoms with Gasteiger partial charge in [-0.3, -0.25) is 9.69 Å². The molecule has 7 heteroatoms. The first-order valence-electron chi connectivity index (χ1n) is 13.7. The van der Waals surface area contributed by atoms with Gasteiger partial charge >= 0.3 is 0 Å². The van der Waals surface area contributed by atoms with Gasteiger partial charge in [-0.15, -0.1) is 0 Å². The van der Waals surface area contributed by atoms with Crippen LogP contribution in [-0.4, -0.2) is 42.2 Å². The predicted octanol–water partition coefficient (Wildman–Crippen LogP) is 6.31. The van der Waals surface area contributed by atoms with Crippen molar-refractivity contribution in [3.05, 3.63) is 107 Å². The SMILES string of the molecule is Cc1ccc(C(=O)Cc2ccc(Oc3ccc(N4CCCN(Cc5ccc6c(c5)OCO6)C4)cc3C)nc2)cc1. The van der Waals surface area contributed by atoms with Gasteiger partial charge in [-0.1, -0.05) is 42.0 Å². The summed E-state index contributed by atoms with van der Waals surface area (Å²) in [6.45, 7) is 8.17. The Kier molecular flexibility index (Phi) is 7.38. The Morgan fingerprint density at radius 2 is 1.73 bits per heavy atom. The lowest BCUT2D eigenvalue weighted by Crippen LogP contribution is -2.44. The van der Waals surface area contributed by atoms with Gasteiger partial charge in [0.15, 0.2) is 17.3 Å². The van der Waals surface area contributed by atoms with Crippen LogP contribution >= 0.6 is 0 Å². The summed E-state index contributed by atoms with van der Waals surface area (Å²) in [6, 6.07) is 23.9. The number of pyridine rings is 1. The Labute approximate surface area is 234 Å². The van der Waals surface area contributed by atoms with E-state index in [1.807, 2.05) is 55.5 Å². The van der Waals surface area contributed by atoms with Crippen LogP contribution in [-0.2, 0) is 13.0 Å². The summed E-state index contributed by atoms with van der Waals surface area (Å²) < 4.78 is 17.1. The fourth-order valence-electron chi connectivity index (χ4n) is 5.17. The maximum Gasteiger partial charge on any atom is 0.231 e. The van der Waals surface area contributed by atoms with Gasteiger partial charge in [0.05, 0.1) is 6.67 Å². The number of carbonyl (C=O) groups excluding carboxylic acids is 1. The summed E-state index contributed by atoms with van der Waals surface area (Å²) in [4.78, 5) is 21.9. The average Bonchev–Trinajstić information content (AvgIpc) is 3.44. The molecule has 0 unspecified atom stereocenters. The van der Waals surface area contributed by atoms with Crippen molar-refractivity contribution in [2.45, 2.75) is 33.2 Å². The second kappa shape index (κ2) is 11.4. The van der Waals surface area contributed by atoms with Crippen molar-refractivity contribution in [2.75, 3.05) is 31.5 Å². The maximum absolute atomic E-state index is 12.6. The molecule has 0 atom stereocenters. The van der Waals surface area contributed by atoms with Crippen LogP contribution in [0.2, 0.25) is 0 Å². The van der Waals surface area contributed by atoms with Crippen LogP contribution in [0.15, 0.2) is 79.0 Å². The maximum atomic E-state index is 12.6. The van der Waals surface area contributed by atoms with Crippen molar-refractivity contribution in [2.24, 2.45) is 0 Å². The first kappa shape index (κ1) is 25.9. The van der Waals surface area contributed by atoms with Crippen LogP contribution < -0.4 is 19.1 Å². The molecular weight excluding hydrogens is 502 g/mol. The van der Waals surface area contributed by atoms with Gasteiger partial charge in [0.2, 0.25) is 12.7 Å². The van der Waals surface area contributed by atoms with E-state index in [-0.39, 0.29) is 5.78 Å². The van der Waals surface area contributed by atoms with E-state index >= 15 is 0 Å². The molecule has 2 aliphatic heterocycles. The number of benzene rings is 3. The van der Waals surface area contributed by atoms with E-state index in [4.69, 9.17) is 14.2 Å². The summed E-state index contributed by atoms with van der Waals surface area (Å²) in [5.41, 5.74) is 6.17. The standard InChI is InChI=1S/C33H33N3O4/c1-23-4-8-27(9-5-23)29(37)17-25-7-13-33(34-19-25)40-30-12-10-28(16-24(30)2)36-15-3-14-35(21-36)20-26-6-11-31-32(18-26)39-22-38-31/h4-13,16,18-19H,3,14-15,17,20-22H2,1-2H3. The van der Waals surface area contributed by atoms with Crippen molar-refractivity contribution in [1.29, 1.82) is 0 Å². The van der Waals surface area contributed by atoms with E-state index in [1.54, 1.807) is 6.20 Å². The second-order valence-corrected chi connectivity index (χ2v) is 10.5. The van der Waals surface area contributed by atoms with Crippen LogP contribution in [0.1, 0.15) is 39.0 Å². The molecular formula is C33H33N3O4. The van der Waals surface area contributed by atoms with E-state index in [0.29, 0.717) is 24.7 Å². The first-order valence-corrected chi connectivity index (χ1v) is 13.7. The van der Waals surface area contributed by atoms with Crippen LogP contribution in [0, 0.1) is 13.8 Å². The zero-order valence-corrected chi connectivity index (χ0v) is 22.9. The fourth-order valence-corrected chi connectivity index (χ4v) is 5.17. The molecule has 3 heterocycles. The van der Waals surface area contributed by atoms with Gasteiger partial charge in [0.1, 0.15) is 5.75 Å². The van der Waals surface area contributed by atoms with Gasteiger partial charge in [-0.25, -0.2) is 4.98 Å². The number of fused-ring (bicyclic) bond motifs is 1. The number of hydrogen-bond donors (Lipinski definition) is 0. The number of aryl methyl sites for hydroxylation is 2. The quantitative estimate of drug-likeness (QED) is 0.245. The highest BCUT2D eigenvalue weighted by atomic mass is 16.7. The fraction of sp³-hybridized carbons (Fsp3) is 0.273. The summed E-state index contributed by atoms with van der Waals surface area (Å²) in [5, 5.41) is 0.